The molecule has 9 nitrogen and oxygen atoms in total. The van der Waals surface area contributed by atoms with Crippen molar-refractivity contribution in [1.82, 2.24) is 4.90 Å². The Bertz CT molecular complexity index is 1130. The molecule has 2 amide bonds. The summed E-state index contributed by atoms with van der Waals surface area (Å²) in [6, 6.07) is 8.63. The minimum atomic E-state index is -0.612. The number of esters is 1. The predicted molar refractivity (Wildman–Crippen MR) is 119 cm³/mol. The van der Waals surface area contributed by atoms with Crippen molar-refractivity contribution in [3.05, 3.63) is 72.6 Å². The number of amides is 2. The molecular formula is C20H14Cl2N2O7S. The minimum absolute atomic E-state index is 0.0784. The Kier molecular flexibility index (Phi) is 7.39. The molecular weight excluding hydrogens is 483 g/mol. The highest BCUT2D eigenvalue weighted by Gasteiger charge is 2.35. The SMILES string of the molecule is COC(=O)COc1c(Cl)cc(/C=C2/SC(=O)N(Cc3cccc([N+](=O)[O-])c3)C2=O)cc1Cl. The summed E-state index contributed by atoms with van der Waals surface area (Å²) in [4.78, 5) is 47.8. The zero-order valence-corrected chi connectivity index (χ0v) is 18.7. The number of methoxy groups -OCH3 is 1. The Balaban J connectivity index is 1.79. The van der Waals surface area contributed by atoms with Crippen LogP contribution in [0.1, 0.15) is 11.1 Å². The Morgan fingerprint density at radius 2 is 1.91 bits per heavy atom. The topological polar surface area (TPSA) is 116 Å². The molecule has 166 valence electrons. The Morgan fingerprint density at radius 1 is 1.22 bits per heavy atom. The lowest BCUT2D eigenvalue weighted by Gasteiger charge is -2.12. The maximum atomic E-state index is 12.7. The van der Waals surface area contributed by atoms with E-state index < -0.39 is 22.0 Å². The number of imide groups is 1. The molecule has 1 heterocycles. The van der Waals surface area contributed by atoms with Crippen LogP contribution in [0, 0.1) is 10.1 Å². The van der Waals surface area contributed by atoms with Gasteiger partial charge in [-0.2, -0.15) is 0 Å². The lowest BCUT2D eigenvalue weighted by atomic mass is 10.1. The number of benzene rings is 2. The van der Waals surface area contributed by atoms with Crippen LogP contribution in [-0.2, 0) is 20.9 Å². The highest BCUT2D eigenvalue weighted by atomic mass is 35.5. The molecule has 0 aliphatic carbocycles. The molecule has 32 heavy (non-hydrogen) atoms. The van der Waals surface area contributed by atoms with Crippen molar-refractivity contribution >= 4 is 63.8 Å². The molecule has 0 aromatic heterocycles. The van der Waals surface area contributed by atoms with Crippen molar-refractivity contribution in [3.8, 4) is 5.75 Å². The van der Waals surface area contributed by atoms with Gasteiger partial charge in [0.2, 0.25) is 0 Å². The number of nitro groups is 1. The van der Waals surface area contributed by atoms with E-state index in [4.69, 9.17) is 27.9 Å². The Morgan fingerprint density at radius 3 is 2.53 bits per heavy atom. The van der Waals surface area contributed by atoms with Crippen LogP contribution >= 0.6 is 35.0 Å². The molecule has 1 aliphatic rings. The number of ether oxygens (including phenoxy) is 2. The molecule has 0 bridgehead atoms. The second kappa shape index (κ2) is 10.0. The molecule has 3 rings (SSSR count). The number of rotatable bonds is 7. The fraction of sp³-hybridized carbons (Fsp3) is 0.150. The average molecular weight is 497 g/mol. The number of nitro benzene ring substituents is 1. The van der Waals surface area contributed by atoms with Gasteiger partial charge in [-0.15, -0.1) is 0 Å². The van der Waals surface area contributed by atoms with E-state index in [9.17, 15) is 24.5 Å². The number of halogens is 2. The smallest absolute Gasteiger partial charge is 0.343 e. The monoisotopic (exact) mass is 496 g/mol. The summed E-state index contributed by atoms with van der Waals surface area (Å²) in [5.41, 5.74) is 0.746. The summed E-state index contributed by atoms with van der Waals surface area (Å²) in [6.45, 7) is -0.489. The average Bonchev–Trinajstić information content (AvgIpc) is 3.00. The van der Waals surface area contributed by atoms with Crippen LogP contribution in [0.3, 0.4) is 0 Å². The first-order valence-electron chi connectivity index (χ1n) is 8.87. The molecule has 0 atom stereocenters. The number of non-ortho nitro benzene ring substituents is 1. The van der Waals surface area contributed by atoms with E-state index >= 15 is 0 Å². The van der Waals surface area contributed by atoms with Gasteiger partial charge in [0.15, 0.2) is 12.4 Å². The van der Waals surface area contributed by atoms with E-state index in [0.717, 1.165) is 16.7 Å². The normalized spacial score (nSPS) is 14.7. The van der Waals surface area contributed by atoms with Crippen molar-refractivity contribution in [2.75, 3.05) is 13.7 Å². The van der Waals surface area contributed by atoms with E-state index in [2.05, 4.69) is 4.74 Å². The van der Waals surface area contributed by atoms with Crippen molar-refractivity contribution in [1.29, 1.82) is 0 Å². The molecule has 1 aliphatic heterocycles. The zero-order valence-electron chi connectivity index (χ0n) is 16.4. The van der Waals surface area contributed by atoms with Crippen LogP contribution in [0.15, 0.2) is 41.3 Å². The fourth-order valence-corrected chi connectivity index (χ4v) is 4.18. The molecule has 1 saturated heterocycles. The zero-order chi connectivity index (χ0) is 23.4. The van der Waals surface area contributed by atoms with Gasteiger partial charge >= 0.3 is 5.97 Å². The van der Waals surface area contributed by atoms with E-state index in [1.54, 1.807) is 6.07 Å². The number of nitrogens with zero attached hydrogens (tertiary/aromatic N) is 2. The van der Waals surface area contributed by atoms with Crippen molar-refractivity contribution in [2.24, 2.45) is 0 Å². The molecule has 0 N–H and O–H groups in total. The third kappa shape index (κ3) is 5.39. The fourth-order valence-electron chi connectivity index (χ4n) is 2.73. The highest BCUT2D eigenvalue weighted by Crippen LogP contribution is 2.38. The van der Waals surface area contributed by atoms with Gasteiger partial charge in [-0.1, -0.05) is 35.3 Å². The first-order valence-corrected chi connectivity index (χ1v) is 10.4. The first kappa shape index (κ1) is 23.6. The predicted octanol–water partition coefficient (Wildman–Crippen LogP) is 4.69. The Hall–Kier alpha value is -3.08. The van der Waals surface area contributed by atoms with E-state index in [1.807, 2.05) is 0 Å². The standard InChI is InChI=1S/C20H14Cl2N2O7S/c1-30-17(25)10-31-18-14(21)6-12(7-15(18)22)8-16-19(26)23(20(27)32-16)9-11-3-2-4-13(5-11)24(28)29/h2-8H,9-10H2,1H3/b16-8+. The summed E-state index contributed by atoms with van der Waals surface area (Å²) >= 11 is 13.1. The summed E-state index contributed by atoms with van der Waals surface area (Å²) in [5, 5.41) is 10.6. The van der Waals surface area contributed by atoms with Crippen LogP contribution in [0.5, 0.6) is 5.75 Å². The first-order chi connectivity index (χ1) is 15.2. The third-order valence-electron chi connectivity index (χ3n) is 4.22. The second-order valence-electron chi connectivity index (χ2n) is 6.37. The van der Waals surface area contributed by atoms with Crippen LogP contribution in [-0.4, -0.2) is 40.7 Å². The molecule has 2 aromatic carbocycles. The third-order valence-corrected chi connectivity index (χ3v) is 5.68. The second-order valence-corrected chi connectivity index (χ2v) is 8.18. The molecule has 2 aromatic rings. The van der Waals surface area contributed by atoms with E-state index in [0.29, 0.717) is 11.1 Å². The summed E-state index contributed by atoms with van der Waals surface area (Å²) in [7, 11) is 1.21. The van der Waals surface area contributed by atoms with Crippen molar-refractivity contribution in [2.45, 2.75) is 6.54 Å². The van der Waals surface area contributed by atoms with Gasteiger partial charge in [-0.05, 0) is 41.1 Å². The molecule has 0 spiro atoms. The number of carbonyl (C=O) groups excluding carboxylic acids is 3. The Labute approximate surface area is 196 Å². The van der Waals surface area contributed by atoms with Gasteiger partial charge in [0.25, 0.3) is 16.8 Å². The lowest BCUT2D eigenvalue weighted by molar-refractivity contribution is -0.384. The quantitative estimate of drug-likeness (QED) is 0.234. The van der Waals surface area contributed by atoms with E-state index in [-0.39, 0.29) is 39.5 Å². The lowest BCUT2D eigenvalue weighted by Crippen LogP contribution is -2.27. The van der Waals surface area contributed by atoms with Gasteiger partial charge in [-0.25, -0.2) is 4.79 Å². The molecule has 0 saturated carbocycles. The van der Waals surface area contributed by atoms with Gasteiger partial charge in [0.1, 0.15) is 0 Å². The van der Waals surface area contributed by atoms with Crippen LogP contribution in [0.2, 0.25) is 10.0 Å². The van der Waals surface area contributed by atoms with Crippen molar-refractivity contribution in [3.63, 3.8) is 0 Å². The van der Waals surface area contributed by atoms with Crippen molar-refractivity contribution < 1.29 is 28.8 Å². The van der Waals surface area contributed by atoms with Gasteiger partial charge < -0.3 is 9.47 Å². The van der Waals surface area contributed by atoms with Crippen LogP contribution < -0.4 is 4.74 Å². The number of hydrogen-bond donors (Lipinski definition) is 0. The number of thioether (sulfide) groups is 1. The minimum Gasteiger partial charge on any atom is -0.479 e. The summed E-state index contributed by atoms with van der Waals surface area (Å²) in [5.74, 6) is -1.09. The van der Waals surface area contributed by atoms with E-state index in [1.165, 1.54) is 43.5 Å². The molecule has 0 unspecified atom stereocenters. The van der Waals surface area contributed by atoms with Gasteiger partial charge in [0, 0.05) is 12.1 Å². The maximum Gasteiger partial charge on any atom is 0.343 e. The van der Waals surface area contributed by atoms with Gasteiger partial charge in [0.05, 0.1) is 33.5 Å². The van der Waals surface area contributed by atoms with Crippen LogP contribution in [0.25, 0.3) is 6.08 Å². The summed E-state index contributed by atoms with van der Waals surface area (Å²) in [6.07, 6.45) is 1.44. The molecule has 12 heteroatoms. The largest absolute Gasteiger partial charge is 0.479 e. The van der Waals surface area contributed by atoms with Gasteiger partial charge in [-0.3, -0.25) is 24.6 Å². The van der Waals surface area contributed by atoms with Crippen LogP contribution in [0.4, 0.5) is 10.5 Å². The summed E-state index contributed by atoms with van der Waals surface area (Å²) < 4.78 is 9.74. The number of hydrogen-bond acceptors (Lipinski definition) is 8. The molecule has 1 fully saturated rings. The molecule has 0 radical (unpaired) electrons. The number of carbonyl (C=O) groups is 3. The highest BCUT2D eigenvalue weighted by molar-refractivity contribution is 8.18. The maximum absolute atomic E-state index is 12.7.